The maximum absolute atomic E-state index is 14.7. The van der Waals surface area contributed by atoms with Gasteiger partial charge < -0.3 is 5.11 Å². The molecule has 2 heterocycles. The van der Waals surface area contributed by atoms with Crippen LogP contribution in [0.5, 0.6) is 5.75 Å². The van der Waals surface area contributed by atoms with Gasteiger partial charge in [-0.2, -0.15) is 0 Å². The third-order valence-corrected chi connectivity index (χ3v) is 9.43. The van der Waals surface area contributed by atoms with Crippen LogP contribution in [0.15, 0.2) is 80.9 Å². The molecule has 0 spiro atoms. The second kappa shape index (κ2) is 8.11. The summed E-state index contributed by atoms with van der Waals surface area (Å²) in [5, 5.41) is 9.90. The van der Waals surface area contributed by atoms with E-state index in [4.69, 9.17) is 0 Å². The highest BCUT2D eigenvalue weighted by Crippen LogP contribution is 2.66. The average molecular weight is 530 g/mol. The van der Waals surface area contributed by atoms with Crippen LogP contribution in [0.25, 0.3) is 5.69 Å². The molecule has 6 rings (SSSR count). The van der Waals surface area contributed by atoms with Crippen molar-refractivity contribution in [2.45, 2.75) is 52.6 Å². The minimum atomic E-state index is -1.30. The summed E-state index contributed by atoms with van der Waals surface area (Å²) < 4.78 is 18.6. The number of fused-ring (bicyclic) bond motifs is 4. The summed E-state index contributed by atoms with van der Waals surface area (Å²) in [5.41, 5.74) is -1.39. The highest BCUT2D eigenvalue weighted by Gasteiger charge is 2.66. The summed E-state index contributed by atoms with van der Waals surface area (Å²) in [6.45, 7) is 6.82. The molecule has 1 saturated carbocycles. The Morgan fingerprint density at radius 2 is 1.59 bits per heavy atom. The third-order valence-electron chi connectivity index (χ3n) is 9.43. The summed E-state index contributed by atoms with van der Waals surface area (Å²) in [7, 11) is 0. The predicted octanol–water partition coefficient (Wildman–Crippen LogP) is 3.81. The number of aromatic hydroxyl groups is 1. The van der Waals surface area contributed by atoms with Crippen molar-refractivity contribution in [3.05, 3.63) is 104 Å². The van der Waals surface area contributed by atoms with Crippen molar-refractivity contribution in [2.75, 3.05) is 0 Å². The first kappa shape index (κ1) is 25.0. The number of ketones is 2. The van der Waals surface area contributed by atoms with Gasteiger partial charge in [-0.05, 0) is 66.8 Å². The van der Waals surface area contributed by atoms with Gasteiger partial charge in [0.05, 0.1) is 23.7 Å². The number of carbonyl (C=O) groups excluding carboxylic acids is 2. The first-order valence-electron chi connectivity index (χ1n) is 12.9. The number of nitrogens with zero attached hydrogens (tertiary/aromatic N) is 3. The second-order valence-corrected chi connectivity index (χ2v) is 11.2. The fourth-order valence-electron chi connectivity index (χ4n) is 7.08. The molecule has 200 valence electrons. The lowest BCUT2D eigenvalue weighted by molar-refractivity contribution is -0.151. The Morgan fingerprint density at radius 1 is 0.923 bits per heavy atom. The molecule has 8 nitrogen and oxygen atoms in total. The van der Waals surface area contributed by atoms with E-state index >= 15 is 0 Å². The molecular formula is C30H28FN3O5. The quantitative estimate of drug-likeness (QED) is 0.509. The van der Waals surface area contributed by atoms with Crippen LogP contribution >= 0.6 is 0 Å². The van der Waals surface area contributed by atoms with E-state index in [0.29, 0.717) is 28.0 Å². The maximum atomic E-state index is 14.7. The number of allylic oxidation sites excluding steroid dienone is 4. The van der Waals surface area contributed by atoms with Crippen molar-refractivity contribution < 1.29 is 19.1 Å². The van der Waals surface area contributed by atoms with Crippen LogP contribution in [0.3, 0.4) is 0 Å². The molecule has 1 N–H and O–H groups in total. The van der Waals surface area contributed by atoms with Gasteiger partial charge in [-0.1, -0.05) is 44.2 Å². The Labute approximate surface area is 223 Å². The van der Waals surface area contributed by atoms with Gasteiger partial charge >= 0.3 is 11.4 Å². The van der Waals surface area contributed by atoms with Crippen molar-refractivity contribution in [1.82, 2.24) is 13.9 Å². The van der Waals surface area contributed by atoms with Crippen LogP contribution in [-0.2, 0) is 16.1 Å². The summed E-state index contributed by atoms with van der Waals surface area (Å²) in [5.74, 6) is -2.58. The molecule has 1 fully saturated rings. The van der Waals surface area contributed by atoms with Crippen LogP contribution in [-0.4, -0.2) is 30.6 Å². The number of hydrogen-bond acceptors (Lipinski definition) is 5. The number of phenols is 1. The fraction of sp³-hybridized carbons (Fsp3) is 0.333. The molecule has 0 saturated heterocycles. The molecule has 2 aliphatic carbocycles. The van der Waals surface area contributed by atoms with Gasteiger partial charge in [-0.3, -0.25) is 9.59 Å². The minimum Gasteiger partial charge on any atom is -0.505 e. The number of para-hydroxylation sites is 1. The van der Waals surface area contributed by atoms with Gasteiger partial charge in [0.25, 0.3) is 0 Å². The number of phenolic OH excluding ortho intramolecular Hbond substituents is 1. The standard InChI is InChI=1S/C30H28FN3O5/c1-16-17(2)26(37)30(4)24(18-10-11-23(35)21(31)14-18)20-12-13-32-27(38)33(19-8-6-5-7-9-19)28(39)34(32)22(20)15-29(30,3)25(16)36/h5-12,14,22,24,35H,13,15H2,1-4H3/t22-,24+,29+,30-/m1/s1. The lowest BCUT2D eigenvalue weighted by Gasteiger charge is -2.58. The molecule has 0 bridgehead atoms. The molecule has 0 unspecified atom stereocenters. The normalized spacial score (nSPS) is 28.1. The number of Topliss-reactive ketones (excluding diaryl/α,β-unsaturated/α-hetero) is 2. The second-order valence-electron chi connectivity index (χ2n) is 11.2. The number of hydrogen-bond donors (Lipinski definition) is 1. The summed E-state index contributed by atoms with van der Waals surface area (Å²) in [6.07, 6.45) is 1.93. The first-order valence-corrected chi connectivity index (χ1v) is 12.9. The van der Waals surface area contributed by atoms with E-state index in [9.17, 15) is 28.7 Å². The molecule has 3 aromatic rings. The Kier molecular flexibility index (Phi) is 5.21. The summed E-state index contributed by atoms with van der Waals surface area (Å²) in [6, 6.07) is 11.8. The average Bonchev–Trinajstić information content (AvgIpc) is 3.18. The van der Waals surface area contributed by atoms with Crippen molar-refractivity contribution in [1.29, 1.82) is 0 Å². The van der Waals surface area contributed by atoms with Crippen LogP contribution in [0.2, 0.25) is 0 Å². The zero-order valence-corrected chi connectivity index (χ0v) is 22.1. The van der Waals surface area contributed by atoms with Gasteiger partial charge in [0, 0.05) is 11.3 Å². The zero-order valence-electron chi connectivity index (χ0n) is 22.1. The Morgan fingerprint density at radius 3 is 2.26 bits per heavy atom. The lowest BCUT2D eigenvalue weighted by atomic mass is 9.43. The van der Waals surface area contributed by atoms with Crippen molar-refractivity contribution in [3.63, 3.8) is 0 Å². The van der Waals surface area contributed by atoms with Crippen molar-refractivity contribution >= 4 is 11.6 Å². The topological polar surface area (TPSA) is 103 Å². The summed E-state index contributed by atoms with van der Waals surface area (Å²) >= 11 is 0. The van der Waals surface area contributed by atoms with Crippen LogP contribution in [0, 0.1) is 16.6 Å². The molecule has 1 aliphatic heterocycles. The van der Waals surface area contributed by atoms with Crippen LogP contribution < -0.4 is 11.4 Å². The van der Waals surface area contributed by atoms with E-state index in [2.05, 4.69) is 0 Å². The molecule has 0 amide bonds. The van der Waals surface area contributed by atoms with Crippen molar-refractivity contribution in [2.24, 2.45) is 10.8 Å². The minimum absolute atomic E-state index is 0.0690. The molecular weight excluding hydrogens is 501 g/mol. The highest BCUT2D eigenvalue weighted by molar-refractivity contribution is 6.17. The van der Waals surface area contributed by atoms with Gasteiger partial charge in [-0.15, -0.1) is 0 Å². The van der Waals surface area contributed by atoms with E-state index in [0.717, 1.165) is 4.57 Å². The van der Waals surface area contributed by atoms with E-state index in [-0.39, 0.29) is 24.5 Å². The predicted molar refractivity (Wildman–Crippen MR) is 141 cm³/mol. The molecule has 1 aromatic heterocycles. The molecule has 39 heavy (non-hydrogen) atoms. The van der Waals surface area contributed by atoms with Crippen LogP contribution in [0.4, 0.5) is 4.39 Å². The van der Waals surface area contributed by atoms with Gasteiger partial charge in [0.1, 0.15) is 0 Å². The van der Waals surface area contributed by atoms with Crippen LogP contribution in [0.1, 0.15) is 51.6 Å². The van der Waals surface area contributed by atoms with E-state index < -0.39 is 45.7 Å². The monoisotopic (exact) mass is 529 g/mol. The smallest absolute Gasteiger partial charge is 0.352 e. The Bertz CT molecular complexity index is 1780. The van der Waals surface area contributed by atoms with Gasteiger partial charge in [0.2, 0.25) is 0 Å². The fourth-order valence-corrected chi connectivity index (χ4v) is 7.08. The third kappa shape index (κ3) is 3.04. The Balaban J connectivity index is 1.65. The number of carbonyl (C=O) groups is 2. The lowest BCUT2D eigenvalue weighted by Crippen LogP contribution is -2.61. The van der Waals surface area contributed by atoms with Gasteiger partial charge in [0.15, 0.2) is 23.1 Å². The SMILES string of the molecule is CC1=C(C)C(=O)[C@@]2(C)[C@@H](c3ccc(O)c(F)c3)C3=CCn4c(=O)n(-c5ccccc5)c(=O)n4[C@@H]3C[C@@]2(C)C1=O. The number of halogens is 1. The number of benzene rings is 2. The summed E-state index contributed by atoms with van der Waals surface area (Å²) in [4.78, 5) is 55.4. The van der Waals surface area contributed by atoms with E-state index in [1.807, 2.05) is 6.08 Å². The van der Waals surface area contributed by atoms with Gasteiger partial charge in [-0.25, -0.2) is 27.9 Å². The molecule has 9 heteroatoms. The molecule has 2 aromatic carbocycles. The number of aromatic nitrogens is 3. The van der Waals surface area contributed by atoms with Crippen molar-refractivity contribution in [3.8, 4) is 11.4 Å². The highest BCUT2D eigenvalue weighted by atomic mass is 19.1. The van der Waals surface area contributed by atoms with E-state index in [1.54, 1.807) is 64.1 Å². The largest absolute Gasteiger partial charge is 0.505 e. The Hall–Kier alpha value is -4.27. The molecule has 4 atom stereocenters. The van der Waals surface area contributed by atoms with E-state index in [1.165, 1.54) is 21.5 Å². The number of rotatable bonds is 2. The molecule has 3 aliphatic rings. The first-order chi connectivity index (χ1) is 18.4. The zero-order chi connectivity index (χ0) is 28.0. The molecule has 0 radical (unpaired) electrons. The maximum Gasteiger partial charge on any atom is 0.352 e.